The molecule has 0 saturated heterocycles. The molecule has 0 spiro atoms. The molecule has 0 unspecified atom stereocenters. The SMILES string of the molecule is CC(C)(C)c1cc(-c2nc(-c3cc(C(C)(C)C)cc(C(C)(C)C)c3)nc(-c3cc4c5c(c3)-n3c6cc(C(C)(C)C)cc(C(C)(C)C)c6c6c(C7CCCCC7)ccc(c63)B5c3ccc(C5CCCCC5)c5c6c(C(C)(C)C)cc(C(C)(C)C)cc6n-4c35)n2)cc(C(C)(C)C)c1. The van der Waals surface area contributed by atoms with Crippen LogP contribution in [-0.4, -0.2) is 30.8 Å². The summed E-state index contributed by atoms with van der Waals surface area (Å²) in [6.45, 7) is 57.2. The van der Waals surface area contributed by atoms with E-state index in [0.717, 1.165) is 16.7 Å². The maximum atomic E-state index is 5.93. The number of hydrogen-bond acceptors (Lipinski definition) is 3. The van der Waals surface area contributed by atoms with E-state index in [1.54, 1.807) is 11.1 Å². The number of nitrogens with zero attached hydrogens (tertiary/aromatic N) is 5. The summed E-state index contributed by atoms with van der Waals surface area (Å²) < 4.78 is 5.60. The molecule has 5 heterocycles. The van der Waals surface area contributed by atoms with Crippen LogP contribution in [0.4, 0.5) is 0 Å². The van der Waals surface area contributed by atoms with Crippen LogP contribution >= 0.6 is 0 Å². The van der Waals surface area contributed by atoms with E-state index < -0.39 is 0 Å². The summed E-state index contributed by atoms with van der Waals surface area (Å²) >= 11 is 0. The Bertz CT molecular complexity index is 4430. The van der Waals surface area contributed by atoms with Gasteiger partial charge in [0.25, 0.3) is 6.71 Å². The summed E-state index contributed by atoms with van der Waals surface area (Å²) in [7, 11) is 0. The molecule has 494 valence electrons. The largest absolute Gasteiger partial charge is 0.310 e. The van der Waals surface area contributed by atoms with Gasteiger partial charge >= 0.3 is 0 Å². The molecule has 0 bridgehead atoms. The van der Waals surface area contributed by atoms with Gasteiger partial charge in [-0.05, 0) is 201 Å². The first-order chi connectivity index (χ1) is 44.2. The molecular weight excluding hydrogens is 1150 g/mol. The Labute approximate surface area is 571 Å². The van der Waals surface area contributed by atoms with Crippen LogP contribution in [0.2, 0.25) is 0 Å². The first-order valence-electron chi connectivity index (χ1n) is 36.8. The lowest BCUT2D eigenvalue weighted by molar-refractivity contribution is 0.445. The van der Waals surface area contributed by atoms with Crippen LogP contribution in [0, 0.1) is 0 Å². The van der Waals surface area contributed by atoms with Crippen LogP contribution in [0.15, 0.2) is 97.1 Å². The van der Waals surface area contributed by atoms with Gasteiger partial charge in [0.15, 0.2) is 17.5 Å². The average molecular weight is 1260 g/mol. The Morgan fingerprint density at radius 1 is 0.316 bits per heavy atom. The van der Waals surface area contributed by atoms with E-state index in [4.69, 9.17) is 15.0 Å². The van der Waals surface area contributed by atoms with Crippen molar-refractivity contribution < 1.29 is 0 Å². The van der Waals surface area contributed by atoms with Crippen molar-refractivity contribution in [2.24, 2.45) is 0 Å². The fourth-order valence-electron chi connectivity index (χ4n) is 17.1. The summed E-state index contributed by atoms with van der Waals surface area (Å²) in [5, 5.41) is 5.81. The number of benzene rings is 7. The van der Waals surface area contributed by atoms with Crippen molar-refractivity contribution >= 4 is 66.7 Å². The Kier molecular flexibility index (Phi) is 15.1. The molecule has 4 aliphatic rings. The van der Waals surface area contributed by atoms with Gasteiger partial charge in [-0.15, -0.1) is 0 Å². The highest BCUT2D eigenvalue weighted by molar-refractivity contribution is 7.00. The third kappa shape index (κ3) is 11.1. The first kappa shape index (κ1) is 65.5. The Hall–Kier alpha value is -6.79. The zero-order valence-corrected chi connectivity index (χ0v) is 62.8. The van der Waals surface area contributed by atoms with Crippen molar-refractivity contribution in [1.29, 1.82) is 0 Å². The Morgan fingerprint density at radius 3 is 0.905 bits per heavy atom. The standard InChI is InChI=1S/C89H110BN5/c1-82(2,3)56-39-53(40-57(45-56)83(4,5)6)79-91-80(54-41-58(84(7,8)9)46-59(42-54)85(10,11)12)93-81(92-79)55-43-70-76-71(44-55)95-69-50-61(87(16,17)18)48-65(89(22,23)24)75(69)73-63(52-33-29-26-30-34-52)36-38-67(78(73)95)90(76)66-37-35-62(51-31-27-25-28-32-51)72-74-64(88(19,20)21)47-60(86(13,14)15)49-68(74)94(70)77(66)72/h35-52H,25-34H2,1-24H3. The monoisotopic (exact) mass is 1260 g/mol. The minimum absolute atomic E-state index is 0.0368. The number of aromatic nitrogens is 5. The first-order valence-corrected chi connectivity index (χ1v) is 36.8. The second kappa shape index (κ2) is 21.9. The number of hydrogen-bond donors (Lipinski definition) is 0. The van der Waals surface area contributed by atoms with Gasteiger partial charge in [-0.2, -0.15) is 0 Å². The van der Waals surface area contributed by atoms with E-state index in [1.807, 2.05) is 0 Å². The molecule has 10 aromatic rings. The van der Waals surface area contributed by atoms with Gasteiger partial charge in [0.2, 0.25) is 0 Å². The zero-order valence-electron chi connectivity index (χ0n) is 62.8. The van der Waals surface area contributed by atoms with Crippen molar-refractivity contribution in [3.05, 3.63) is 153 Å². The Balaban J connectivity index is 1.21. The molecule has 2 saturated carbocycles. The second-order valence-electron chi connectivity index (χ2n) is 38.4. The molecule has 0 amide bonds. The minimum Gasteiger partial charge on any atom is -0.310 e. The van der Waals surface area contributed by atoms with Gasteiger partial charge in [0.05, 0.1) is 11.0 Å². The molecule has 2 fully saturated rings. The molecule has 2 aliphatic carbocycles. The fourth-order valence-corrected chi connectivity index (χ4v) is 17.1. The smallest absolute Gasteiger partial charge is 0.252 e. The van der Waals surface area contributed by atoms with Gasteiger partial charge in [0, 0.05) is 60.6 Å². The summed E-state index contributed by atoms with van der Waals surface area (Å²) in [5.41, 5.74) is 28.0. The molecule has 0 radical (unpaired) electrons. The summed E-state index contributed by atoms with van der Waals surface area (Å²) in [5.74, 6) is 3.08. The Morgan fingerprint density at radius 2 is 0.611 bits per heavy atom. The zero-order chi connectivity index (χ0) is 68.1. The topological polar surface area (TPSA) is 48.5 Å². The lowest BCUT2D eigenvalue weighted by atomic mass is 9.34. The summed E-state index contributed by atoms with van der Waals surface area (Å²) in [6.07, 6.45) is 12.7. The van der Waals surface area contributed by atoms with Crippen LogP contribution in [0.1, 0.15) is 298 Å². The molecule has 3 aromatic heterocycles. The minimum atomic E-state index is -0.143. The third-order valence-corrected chi connectivity index (χ3v) is 22.9. The van der Waals surface area contributed by atoms with Crippen molar-refractivity contribution in [3.8, 4) is 45.5 Å². The number of rotatable bonds is 5. The van der Waals surface area contributed by atoms with E-state index in [9.17, 15) is 0 Å². The molecule has 5 nitrogen and oxygen atoms in total. The summed E-state index contributed by atoms with van der Waals surface area (Å²) in [4.78, 5) is 17.6. The van der Waals surface area contributed by atoms with E-state index >= 15 is 0 Å². The molecule has 0 N–H and O–H groups in total. The highest BCUT2D eigenvalue weighted by atomic mass is 15.1. The van der Waals surface area contributed by atoms with Gasteiger partial charge < -0.3 is 9.13 Å². The van der Waals surface area contributed by atoms with Gasteiger partial charge in [0.1, 0.15) is 0 Å². The lowest BCUT2D eigenvalue weighted by Gasteiger charge is -2.35. The van der Waals surface area contributed by atoms with Crippen molar-refractivity contribution in [2.45, 2.75) is 286 Å². The van der Waals surface area contributed by atoms with Crippen LogP contribution in [0.5, 0.6) is 0 Å². The van der Waals surface area contributed by atoms with Crippen LogP contribution < -0.4 is 16.4 Å². The maximum absolute atomic E-state index is 5.93. The molecule has 95 heavy (non-hydrogen) atoms. The van der Waals surface area contributed by atoms with E-state index in [-0.39, 0.29) is 50.0 Å². The molecule has 6 heteroatoms. The quantitative estimate of drug-likeness (QED) is 0.161. The molecule has 0 atom stereocenters. The van der Waals surface area contributed by atoms with Crippen LogP contribution in [0.25, 0.3) is 89.2 Å². The highest BCUT2D eigenvalue weighted by Gasteiger charge is 2.45. The highest BCUT2D eigenvalue weighted by Crippen LogP contribution is 2.52. The average Bonchev–Trinajstić information content (AvgIpc) is 1.53. The van der Waals surface area contributed by atoms with Crippen molar-refractivity contribution in [1.82, 2.24) is 24.1 Å². The number of fused-ring (bicyclic) bond motifs is 10. The lowest BCUT2D eigenvalue weighted by Crippen LogP contribution is -2.59. The molecule has 7 aromatic carbocycles. The van der Waals surface area contributed by atoms with Gasteiger partial charge in [-0.3, -0.25) is 0 Å². The normalized spacial score (nSPS) is 16.3. The van der Waals surface area contributed by atoms with E-state index in [2.05, 4.69) is 272 Å². The third-order valence-electron chi connectivity index (χ3n) is 22.9. The maximum Gasteiger partial charge on any atom is 0.252 e. The predicted octanol–water partition coefficient (Wildman–Crippen LogP) is 22.7. The van der Waals surface area contributed by atoms with Crippen LogP contribution in [-0.2, 0) is 43.3 Å². The molecule has 14 rings (SSSR count). The fraction of sp³-hybridized carbons (Fsp3) is 0.494. The molecule has 2 aliphatic heterocycles. The predicted molar refractivity (Wildman–Crippen MR) is 411 cm³/mol. The van der Waals surface area contributed by atoms with Crippen LogP contribution in [0.3, 0.4) is 0 Å². The van der Waals surface area contributed by atoms with Gasteiger partial charge in [-0.1, -0.05) is 253 Å². The second-order valence-corrected chi connectivity index (χ2v) is 38.4. The van der Waals surface area contributed by atoms with Crippen molar-refractivity contribution in [2.75, 3.05) is 0 Å². The summed E-state index contributed by atoms with van der Waals surface area (Å²) in [6, 6.07) is 40.4. The van der Waals surface area contributed by atoms with E-state index in [1.165, 1.54) is 180 Å². The van der Waals surface area contributed by atoms with Crippen molar-refractivity contribution in [3.63, 3.8) is 0 Å². The van der Waals surface area contributed by atoms with Gasteiger partial charge in [-0.25, -0.2) is 15.0 Å². The molecular formula is C89H110BN5. The van der Waals surface area contributed by atoms with E-state index in [0.29, 0.717) is 29.3 Å².